The highest BCUT2D eigenvalue weighted by Crippen LogP contribution is 2.45. The first-order valence-electron chi connectivity index (χ1n) is 7.12. The fourth-order valence-corrected chi connectivity index (χ4v) is 4.72. The fourth-order valence-electron chi connectivity index (χ4n) is 3.54. The molecule has 4 nitrogen and oxygen atoms in total. The van der Waals surface area contributed by atoms with Crippen LogP contribution in [-0.2, 0) is 10.0 Å². The van der Waals surface area contributed by atoms with Crippen molar-refractivity contribution in [1.29, 1.82) is 0 Å². The molecule has 0 spiro atoms. The number of nitrogens with two attached hydrogens (primary N) is 1. The quantitative estimate of drug-likeness (QED) is 0.799. The standard InChI is InChI=1S/C15H19BrN2O2S/c1-9(13-7-10-2-3-11(13)6-10)18-15-5-4-12(8-14(15)16)21(17,19)20/h2-5,8-11,13,18H,6-7H2,1H3,(H2,17,19,20). The van der Waals surface area contributed by atoms with Gasteiger partial charge in [0.2, 0.25) is 10.0 Å². The van der Waals surface area contributed by atoms with Crippen LogP contribution in [0.2, 0.25) is 0 Å². The highest BCUT2D eigenvalue weighted by molar-refractivity contribution is 9.10. The Bertz CT molecular complexity index is 687. The fraction of sp³-hybridized carbons (Fsp3) is 0.467. The van der Waals surface area contributed by atoms with Crippen molar-refractivity contribution in [3.8, 4) is 0 Å². The average molecular weight is 371 g/mol. The molecule has 0 aliphatic heterocycles. The molecule has 1 fully saturated rings. The monoisotopic (exact) mass is 370 g/mol. The lowest BCUT2D eigenvalue weighted by Gasteiger charge is -2.27. The van der Waals surface area contributed by atoms with Gasteiger partial charge in [-0.3, -0.25) is 0 Å². The Morgan fingerprint density at radius 3 is 2.62 bits per heavy atom. The Kier molecular flexibility index (Phi) is 3.88. The third-order valence-corrected chi connectivity index (χ3v) is 6.19. The smallest absolute Gasteiger partial charge is 0.238 e. The van der Waals surface area contributed by atoms with Gasteiger partial charge >= 0.3 is 0 Å². The number of nitrogens with one attached hydrogen (secondary N) is 1. The number of sulfonamides is 1. The van der Waals surface area contributed by atoms with Crippen LogP contribution in [0, 0.1) is 17.8 Å². The van der Waals surface area contributed by atoms with Gasteiger partial charge in [0.1, 0.15) is 0 Å². The predicted molar refractivity (Wildman–Crippen MR) is 87.4 cm³/mol. The lowest BCUT2D eigenvalue weighted by atomic mass is 9.87. The van der Waals surface area contributed by atoms with Crippen LogP contribution in [-0.4, -0.2) is 14.5 Å². The van der Waals surface area contributed by atoms with E-state index in [4.69, 9.17) is 5.14 Å². The molecule has 0 heterocycles. The van der Waals surface area contributed by atoms with Crippen molar-refractivity contribution in [3.05, 3.63) is 34.8 Å². The topological polar surface area (TPSA) is 72.2 Å². The number of benzene rings is 1. The van der Waals surface area contributed by atoms with Crippen LogP contribution >= 0.6 is 15.9 Å². The first kappa shape index (κ1) is 15.1. The summed E-state index contributed by atoms with van der Waals surface area (Å²) >= 11 is 3.42. The van der Waals surface area contributed by atoms with E-state index in [1.165, 1.54) is 18.9 Å². The molecule has 4 atom stereocenters. The number of fused-ring (bicyclic) bond motifs is 2. The highest BCUT2D eigenvalue weighted by atomic mass is 79.9. The minimum absolute atomic E-state index is 0.121. The maximum atomic E-state index is 11.3. The Balaban J connectivity index is 1.75. The summed E-state index contributed by atoms with van der Waals surface area (Å²) in [4.78, 5) is 0.121. The summed E-state index contributed by atoms with van der Waals surface area (Å²) < 4.78 is 23.4. The summed E-state index contributed by atoms with van der Waals surface area (Å²) in [5, 5.41) is 8.64. The van der Waals surface area contributed by atoms with Crippen LogP contribution in [0.5, 0.6) is 0 Å². The van der Waals surface area contributed by atoms with Crippen molar-refractivity contribution in [1.82, 2.24) is 0 Å². The van der Waals surface area contributed by atoms with Gasteiger partial charge in [-0.25, -0.2) is 13.6 Å². The zero-order valence-corrected chi connectivity index (χ0v) is 14.2. The van der Waals surface area contributed by atoms with Crippen molar-refractivity contribution < 1.29 is 8.42 Å². The van der Waals surface area contributed by atoms with Gasteiger partial charge in [0, 0.05) is 16.2 Å². The van der Waals surface area contributed by atoms with Crippen molar-refractivity contribution in [2.24, 2.45) is 22.9 Å². The summed E-state index contributed by atoms with van der Waals surface area (Å²) in [6.45, 7) is 2.19. The van der Waals surface area contributed by atoms with Gasteiger partial charge in [-0.05, 0) is 71.6 Å². The number of hydrogen-bond acceptors (Lipinski definition) is 3. The van der Waals surface area contributed by atoms with E-state index in [9.17, 15) is 8.42 Å². The zero-order chi connectivity index (χ0) is 15.2. The molecule has 0 amide bonds. The lowest BCUT2D eigenvalue weighted by Crippen LogP contribution is -2.29. The molecule has 3 rings (SSSR count). The number of hydrogen-bond donors (Lipinski definition) is 2. The molecule has 0 aromatic heterocycles. The lowest BCUT2D eigenvalue weighted by molar-refractivity contribution is 0.400. The van der Waals surface area contributed by atoms with Gasteiger partial charge in [-0.15, -0.1) is 0 Å². The van der Waals surface area contributed by atoms with Gasteiger partial charge in [0.25, 0.3) is 0 Å². The molecule has 21 heavy (non-hydrogen) atoms. The molecule has 2 aliphatic carbocycles. The van der Waals surface area contributed by atoms with Crippen molar-refractivity contribution in [2.75, 3.05) is 5.32 Å². The number of rotatable bonds is 4. The molecule has 3 N–H and O–H groups in total. The maximum Gasteiger partial charge on any atom is 0.238 e. The van der Waals surface area contributed by atoms with Crippen molar-refractivity contribution in [3.63, 3.8) is 0 Å². The molecular weight excluding hydrogens is 352 g/mol. The second kappa shape index (κ2) is 5.41. The van der Waals surface area contributed by atoms with E-state index >= 15 is 0 Å². The summed E-state index contributed by atoms with van der Waals surface area (Å²) in [5.74, 6) is 2.07. The van der Waals surface area contributed by atoms with E-state index in [1.54, 1.807) is 12.1 Å². The molecule has 2 aliphatic rings. The van der Waals surface area contributed by atoms with Crippen LogP contribution in [0.15, 0.2) is 39.7 Å². The van der Waals surface area contributed by atoms with Gasteiger partial charge in [-0.2, -0.15) is 0 Å². The van der Waals surface area contributed by atoms with E-state index in [0.29, 0.717) is 17.9 Å². The van der Waals surface area contributed by atoms with E-state index < -0.39 is 10.0 Å². The summed E-state index contributed by atoms with van der Waals surface area (Å²) in [6.07, 6.45) is 7.20. The van der Waals surface area contributed by atoms with E-state index in [1.807, 2.05) is 0 Å². The normalized spacial score (nSPS) is 28.8. The molecular formula is C15H19BrN2O2S. The molecule has 1 aromatic carbocycles. The Morgan fingerprint density at radius 1 is 1.33 bits per heavy atom. The van der Waals surface area contributed by atoms with Crippen LogP contribution in [0.1, 0.15) is 19.8 Å². The van der Waals surface area contributed by atoms with Gasteiger partial charge < -0.3 is 5.32 Å². The first-order chi connectivity index (χ1) is 9.84. The van der Waals surface area contributed by atoms with Crippen LogP contribution < -0.4 is 10.5 Å². The number of halogens is 1. The van der Waals surface area contributed by atoms with Gasteiger partial charge in [-0.1, -0.05) is 12.2 Å². The van der Waals surface area contributed by atoms with Crippen LogP contribution in [0.4, 0.5) is 5.69 Å². The minimum Gasteiger partial charge on any atom is -0.381 e. The van der Waals surface area contributed by atoms with Crippen molar-refractivity contribution in [2.45, 2.75) is 30.7 Å². The van der Waals surface area contributed by atoms with Gasteiger partial charge in [0.05, 0.1) is 4.90 Å². The SMILES string of the molecule is CC(Nc1ccc(S(N)(=O)=O)cc1Br)C1CC2C=CC1C2. The second-order valence-corrected chi connectivity index (χ2v) is 8.48. The third-order valence-electron chi connectivity index (χ3n) is 4.62. The largest absolute Gasteiger partial charge is 0.381 e. The summed E-state index contributed by atoms with van der Waals surface area (Å²) in [7, 11) is -3.66. The van der Waals surface area contributed by atoms with Crippen LogP contribution in [0.25, 0.3) is 0 Å². The molecule has 114 valence electrons. The molecule has 1 saturated carbocycles. The first-order valence-corrected chi connectivity index (χ1v) is 9.46. The van der Waals surface area contributed by atoms with Crippen molar-refractivity contribution >= 4 is 31.6 Å². The molecule has 0 saturated heterocycles. The van der Waals surface area contributed by atoms with E-state index in [0.717, 1.165) is 16.1 Å². The summed E-state index contributed by atoms with van der Waals surface area (Å²) in [6, 6.07) is 5.20. The van der Waals surface area contributed by atoms with Gasteiger partial charge in [0.15, 0.2) is 0 Å². The Morgan fingerprint density at radius 2 is 2.10 bits per heavy atom. The minimum atomic E-state index is -3.66. The second-order valence-electron chi connectivity index (χ2n) is 6.06. The number of allylic oxidation sites excluding steroid dienone is 2. The molecule has 1 aromatic rings. The number of anilines is 1. The predicted octanol–water partition coefficient (Wildman–Crippen LogP) is 3.11. The third kappa shape index (κ3) is 3.03. The number of primary sulfonamides is 1. The molecule has 4 unspecified atom stereocenters. The highest BCUT2D eigenvalue weighted by Gasteiger charge is 2.38. The van der Waals surface area contributed by atoms with E-state index in [-0.39, 0.29) is 4.90 Å². The Labute approximate surface area is 134 Å². The summed E-state index contributed by atoms with van der Waals surface area (Å²) in [5.41, 5.74) is 0.904. The average Bonchev–Trinajstić information content (AvgIpc) is 3.02. The Hall–Kier alpha value is -0.850. The zero-order valence-electron chi connectivity index (χ0n) is 11.8. The molecule has 0 radical (unpaired) electrons. The van der Waals surface area contributed by atoms with E-state index in [2.05, 4.69) is 40.3 Å². The molecule has 2 bridgehead atoms. The maximum absolute atomic E-state index is 11.3. The van der Waals surface area contributed by atoms with Crippen LogP contribution in [0.3, 0.4) is 0 Å². The molecule has 6 heteroatoms.